The van der Waals surface area contributed by atoms with Crippen molar-refractivity contribution in [1.29, 1.82) is 0 Å². The molecule has 3 rings (SSSR count). The lowest BCUT2D eigenvalue weighted by atomic mass is 10.0. The van der Waals surface area contributed by atoms with Crippen molar-refractivity contribution in [2.45, 2.75) is 44.2 Å². The Bertz CT molecular complexity index is 582. The molecule has 0 aromatic carbocycles. The van der Waals surface area contributed by atoms with E-state index >= 15 is 0 Å². The van der Waals surface area contributed by atoms with Crippen LogP contribution in [0.4, 0.5) is 0 Å². The lowest BCUT2D eigenvalue weighted by molar-refractivity contribution is 0.0743. The first-order valence-electron chi connectivity index (χ1n) is 6.63. The van der Waals surface area contributed by atoms with Crippen molar-refractivity contribution in [1.82, 2.24) is 9.55 Å². The number of aliphatic hydroxyl groups excluding tert-OH is 1. The summed E-state index contributed by atoms with van der Waals surface area (Å²) in [5.41, 5.74) is 0.892. The van der Waals surface area contributed by atoms with Gasteiger partial charge in [0.05, 0.1) is 17.2 Å². The highest BCUT2D eigenvalue weighted by Gasteiger charge is 2.32. The van der Waals surface area contributed by atoms with Crippen molar-refractivity contribution in [2.75, 3.05) is 11.5 Å². The van der Waals surface area contributed by atoms with E-state index in [2.05, 4.69) is 4.98 Å². The number of sulfone groups is 1. The van der Waals surface area contributed by atoms with Crippen molar-refractivity contribution < 1.29 is 13.5 Å². The summed E-state index contributed by atoms with van der Waals surface area (Å²) in [7, 11) is -2.88. The van der Waals surface area contributed by atoms with Crippen molar-refractivity contribution >= 4 is 21.4 Å². The molecule has 0 aliphatic carbocycles. The summed E-state index contributed by atoms with van der Waals surface area (Å²) < 4.78 is 24.8. The number of rotatable bonds is 1. The van der Waals surface area contributed by atoms with E-state index < -0.39 is 16.1 Å². The Labute approximate surface area is 117 Å². The number of imidazole rings is 1. The summed E-state index contributed by atoms with van der Waals surface area (Å²) in [6.07, 6.45) is 3.01. The first-order chi connectivity index (χ1) is 8.98. The van der Waals surface area contributed by atoms with Gasteiger partial charge >= 0.3 is 0 Å². The Hall–Kier alpha value is -0.590. The molecule has 0 radical (unpaired) electrons. The molecule has 1 fully saturated rings. The maximum atomic E-state index is 11.5. The fourth-order valence-electron chi connectivity index (χ4n) is 3.03. The second-order valence-electron chi connectivity index (χ2n) is 5.38. The summed E-state index contributed by atoms with van der Waals surface area (Å²) >= 11 is 6.14. The average Bonchev–Trinajstić information content (AvgIpc) is 2.69. The van der Waals surface area contributed by atoms with Crippen molar-refractivity contribution in [2.24, 2.45) is 0 Å². The summed E-state index contributed by atoms with van der Waals surface area (Å²) in [5.74, 6) is 1.26. The third kappa shape index (κ3) is 2.41. The van der Waals surface area contributed by atoms with Gasteiger partial charge < -0.3 is 9.67 Å². The second-order valence-corrected chi connectivity index (χ2v) is 8.04. The highest BCUT2D eigenvalue weighted by Crippen LogP contribution is 2.36. The molecule has 2 aliphatic heterocycles. The summed E-state index contributed by atoms with van der Waals surface area (Å²) in [4.78, 5) is 4.39. The molecule has 0 saturated carbocycles. The zero-order valence-corrected chi connectivity index (χ0v) is 12.1. The van der Waals surface area contributed by atoms with Gasteiger partial charge in [0.15, 0.2) is 5.15 Å². The predicted octanol–water partition coefficient (Wildman–Crippen LogP) is 1.66. The number of nitrogens with zero attached hydrogens (tertiary/aromatic N) is 2. The lowest BCUT2D eigenvalue weighted by Crippen LogP contribution is -2.26. The minimum Gasteiger partial charge on any atom is -0.373 e. The Morgan fingerprint density at radius 2 is 1.95 bits per heavy atom. The first-order valence-corrected chi connectivity index (χ1v) is 8.83. The molecule has 1 N–H and O–H groups in total. The highest BCUT2D eigenvalue weighted by molar-refractivity contribution is 7.91. The van der Waals surface area contributed by atoms with Crippen LogP contribution in [0.25, 0.3) is 0 Å². The fourth-order valence-corrected chi connectivity index (χ4v) is 4.79. The van der Waals surface area contributed by atoms with Gasteiger partial charge in [-0.3, -0.25) is 0 Å². The van der Waals surface area contributed by atoms with Gasteiger partial charge in [-0.2, -0.15) is 0 Å². The van der Waals surface area contributed by atoms with E-state index in [1.54, 1.807) is 0 Å². The molecule has 1 aromatic heterocycles. The van der Waals surface area contributed by atoms with Crippen LogP contribution in [0.2, 0.25) is 5.15 Å². The lowest BCUT2D eigenvalue weighted by Gasteiger charge is -2.27. The molecule has 3 heterocycles. The number of hydrogen-bond donors (Lipinski definition) is 1. The van der Waals surface area contributed by atoms with Gasteiger partial charge in [0, 0.05) is 5.92 Å². The van der Waals surface area contributed by atoms with Crippen LogP contribution < -0.4 is 0 Å². The molecular formula is C12H17ClN2O3S. The zero-order chi connectivity index (χ0) is 13.6. The Morgan fingerprint density at radius 1 is 1.26 bits per heavy atom. The number of halogens is 1. The number of aliphatic hydroxyl groups is 1. The topological polar surface area (TPSA) is 72.2 Å². The van der Waals surface area contributed by atoms with Crippen molar-refractivity contribution in [3.63, 3.8) is 0 Å². The number of hydrogen-bond acceptors (Lipinski definition) is 4. The molecule has 106 valence electrons. The monoisotopic (exact) mass is 304 g/mol. The fraction of sp³-hybridized carbons (Fsp3) is 0.750. The minimum atomic E-state index is -2.88. The Kier molecular flexibility index (Phi) is 3.35. The average molecular weight is 305 g/mol. The van der Waals surface area contributed by atoms with Crippen LogP contribution in [0.3, 0.4) is 0 Å². The predicted molar refractivity (Wildman–Crippen MR) is 72.1 cm³/mol. The molecule has 0 amide bonds. The Morgan fingerprint density at radius 3 is 2.63 bits per heavy atom. The van der Waals surface area contributed by atoms with E-state index in [1.807, 2.05) is 4.57 Å². The molecule has 2 aliphatic rings. The summed E-state index contributed by atoms with van der Waals surface area (Å²) in [6.45, 7) is 0. The molecule has 19 heavy (non-hydrogen) atoms. The number of fused-ring (bicyclic) bond motifs is 1. The van der Waals surface area contributed by atoms with Gasteiger partial charge in [0.2, 0.25) is 0 Å². The molecule has 0 spiro atoms. The molecule has 1 unspecified atom stereocenters. The molecule has 1 aromatic rings. The van der Waals surface area contributed by atoms with Crippen molar-refractivity contribution in [3.05, 3.63) is 16.7 Å². The SMILES string of the molecule is O=S1(=O)CCC(c2nc(Cl)c3n2C(O)CCC3)CC1. The van der Waals surface area contributed by atoms with Gasteiger partial charge in [-0.05, 0) is 32.1 Å². The molecule has 5 nitrogen and oxygen atoms in total. The van der Waals surface area contributed by atoms with Crippen LogP contribution in [0.15, 0.2) is 0 Å². The third-order valence-corrected chi connectivity index (χ3v) is 6.10. The van der Waals surface area contributed by atoms with Crippen LogP contribution in [0.1, 0.15) is 49.3 Å². The Balaban J connectivity index is 1.94. The zero-order valence-electron chi connectivity index (χ0n) is 10.5. The van der Waals surface area contributed by atoms with Gasteiger partial charge in [-0.1, -0.05) is 11.6 Å². The maximum Gasteiger partial charge on any atom is 0.150 e. The first kappa shape index (κ1) is 13.4. The van der Waals surface area contributed by atoms with Crippen molar-refractivity contribution in [3.8, 4) is 0 Å². The number of aromatic nitrogens is 2. The van der Waals surface area contributed by atoms with Gasteiger partial charge in [0.1, 0.15) is 21.9 Å². The molecular weight excluding hydrogens is 288 g/mol. The molecule has 1 atom stereocenters. The molecule has 1 saturated heterocycles. The van der Waals surface area contributed by atoms with E-state index in [0.29, 0.717) is 24.4 Å². The van der Waals surface area contributed by atoms with E-state index in [-0.39, 0.29) is 17.4 Å². The standard InChI is InChI=1S/C12H17ClN2O3S/c13-11-9-2-1-3-10(16)15(9)12(14-11)8-4-6-19(17,18)7-5-8/h8,10,16H,1-7H2. The normalized spacial score (nSPS) is 27.2. The third-order valence-electron chi connectivity index (χ3n) is 4.08. The van der Waals surface area contributed by atoms with E-state index in [4.69, 9.17) is 11.6 Å². The van der Waals surface area contributed by atoms with Crippen LogP contribution in [0, 0.1) is 0 Å². The molecule has 7 heteroatoms. The van der Waals surface area contributed by atoms with E-state index in [1.165, 1.54) is 0 Å². The van der Waals surface area contributed by atoms with Crippen LogP contribution >= 0.6 is 11.6 Å². The quantitative estimate of drug-likeness (QED) is 0.856. The van der Waals surface area contributed by atoms with Gasteiger partial charge in [0.25, 0.3) is 0 Å². The minimum absolute atomic E-state index is 0.0857. The second kappa shape index (κ2) is 4.75. The maximum absolute atomic E-state index is 11.5. The van der Waals surface area contributed by atoms with E-state index in [0.717, 1.165) is 24.4 Å². The van der Waals surface area contributed by atoms with Crippen LogP contribution in [-0.2, 0) is 16.3 Å². The van der Waals surface area contributed by atoms with Crippen LogP contribution in [0.5, 0.6) is 0 Å². The smallest absolute Gasteiger partial charge is 0.150 e. The van der Waals surface area contributed by atoms with Crippen LogP contribution in [-0.4, -0.2) is 34.6 Å². The van der Waals surface area contributed by atoms with Gasteiger partial charge in [-0.15, -0.1) is 0 Å². The highest BCUT2D eigenvalue weighted by atomic mass is 35.5. The van der Waals surface area contributed by atoms with Gasteiger partial charge in [-0.25, -0.2) is 13.4 Å². The summed E-state index contributed by atoms with van der Waals surface area (Å²) in [6, 6.07) is 0. The largest absolute Gasteiger partial charge is 0.373 e. The van der Waals surface area contributed by atoms with E-state index in [9.17, 15) is 13.5 Å². The molecule has 0 bridgehead atoms. The summed E-state index contributed by atoms with van der Waals surface area (Å²) in [5, 5.41) is 10.6.